The van der Waals surface area contributed by atoms with E-state index in [9.17, 15) is 14.4 Å². The zero-order valence-corrected chi connectivity index (χ0v) is 17.6. The highest BCUT2D eigenvalue weighted by Crippen LogP contribution is 2.38. The molecule has 2 fully saturated rings. The van der Waals surface area contributed by atoms with Crippen molar-refractivity contribution in [1.82, 2.24) is 33.8 Å². The highest BCUT2D eigenvalue weighted by atomic mass is 16.2. The molecule has 1 saturated heterocycles. The average Bonchev–Trinajstić information content (AvgIpc) is 3.57. The maximum atomic E-state index is 12.9. The van der Waals surface area contributed by atoms with Crippen LogP contribution in [0.25, 0.3) is 11.2 Å². The van der Waals surface area contributed by atoms with Gasteiger partial charge in [-0.15, -0.1) is 5.10 Å². The number of hydrogen-bond acceptors (Lipinski definition) is 7. The van der Waals surface area contributed by atoms with E-state index in [2.05, 4.69) is 26.1 Å². The number of hydrogen-bond donors (Lipinski definition) is 0. The van der Waals surface area contributed by atoms with Gasteiger partial charge in [0, 0.05) is 46.2 Å². The quantitative estimate of drug-likeness (QED) is 0.552. The van der Waals surface area contributed by atoms with Gasteiger partial charge in [-0.3, -0.25) is 18.7 Å². The van der Waals surface area contributed by atoms with Gasteiger partial charge < -0.3 is 14.4 Å². The Hall–Kier alpha value is -3.50. The van der Waals surface area contributed by atoms with Crippen LogP contribution in [0.5, 0.6) is 0 Å². The predicted molar refractivity (Wildman–Crippen MR) is 113 cm³/mol. The summed E-state index contributed by atoms with van der Waals surface area (Å²) in [7, 11) is 2.98. The number of piperazine rings is 1. The summed E-state index contributed by atoms with van der Waals surface area (Å²) in [4.78, 5) is 45.6. The van der Waals surface area contributed by atoms with E-state index >= 15 is 0 Å². The molecule has 1 saturated carbocycles. The number of carbonyl (C=O) groups is 1. The summed E-state index contributed by atoms with van der Waals surface area (Å²) in [6.45, 7) is 2.47. The normalized spacial score (nSPS) is 16.8. The first kappa shape index (κ1) is 19.5. The highest BCUT2D eigenvalue weighted by Gasteiger charge is 2.27. The molecule has 1 aliphatic heterocycles. The van der Waals surface area contributed by atoms with Crippen molar-refractivity contribution < 1.29 is 4.79 Å². The van der Waals surface area contributed by atoms with Gasteiger partial charge >= 0.3 is 5.69 Å². The lowest BCUT2D eigenvalue weighted by molar-refractivity contribution is -0.132. The molecule has 1 amide bonds. The number of imidazole rings is 1. The molecule has 2 aliphatic rings. The second-order valence-corrected chi connectivity index (χ2v) is 8.21. The Kier molecular flexibility index (Phi) is 4.60. The maximum Gasteiger partial charge on any atom is 0.332 e. The fraction of sp³-hybridized carbons (Fsp3) is 0.500. The van der Waals surface area contributed by atoms with Crippen molar-refractivity contribution in [2.45, 2.75) is 25.3 Å². The van der Waals surface area contributed by atoms with Gasteiger partial charge in [0.05, 0.1) is 12.0 Å². The molecule has 0 atom stereocenters. The molecular formula is C20H24N8O3. The van der Waals surface area contributed by atoms with Crippen molar-refractivity contribution in [3.05, 3.63) is 45.0 Å². The number of aryl methyl sites for hydroxylation is 1. The van der Waals surface area contributed by atoms with E-state index in [0.29, 0.717) is 32.1 Å². The van der Waals surface area contributed by atoms with Crippen molar-refractivity contribution in [3.63, 3.8) is 0 Å². The number of fused-ring (bicyclic) bond motifs is 1. The van der Waals surface area contributed by atoms with Crippen LogP contribution in [0.4, 0.5) is 5.82 Å². The highest BCUT2D eigenvalue weighted by molar-refractivity contribution is 5.79. The Labute approximate surface area is 177 Å². The lowest BCUT2D eigenvalue weighted by Crippen LogP contribution is -2.50. The molecule has 162 valence electrons. The Balaban J connectivity index is 1.27. The van der Waals surface area contributed by atoms with Crippen LogP contribution in [0.3, 0.4) is 0 Å². The number of amides is 1. The molecule has 31 heavy (non-hydrogen) atoms. The Morgan fingerprint density at radius 2 is 1.77 bits per heavy atom. The molecule has 0 radical (unpaired) electrons. The van der Waals surface area contributed by atoms with Crippen molar-refractivity contribution in [2.24, 2.45) is 14.1 Å². The second-order valence-electron chi connectivity index (χ2n) is 8.21. The topological polar surface area (TPSA) is 111 Å². The van der Waals surface area contributed by atoms with E-state index in [1.165, 1.54) is 35.4 Å². The van der Waals surface area contributed by atoms with Crippen LogP contribution < -0.4 is 16.1 Å². The minimum Gasteiger partial charge on any atom is -0.352 e. The molecule has 0 spiro atoms. The van der Waals surface area contributed by atoms with Crippen LogP contribution in [0.1, 0.15) is 24.5 Å². The standard InChI is InChI=1S/C20H24N8O3/c1-24-18-17(19(30)25(2)20(24)31)28(12-21-18)11-16(29)27-9-7-26(8-10-27)15-6-5-14(22-23-15)13-3-4-13/h5-6,12-13H,3-4,7-11H2,1-2H3. The molecule has 1 aliphatic carbocycles. The van der Waals surface area contributed by atoms with Crippen LogP contribution in [0, 0.1) is 0 Å². The fourth-order valence-corrected chi connectivity index (χ4v) is 4.05. The van der Waals surface area contributed by atoms with E-state index in [0.717, 1.165) is 16.1 Å². The van der Waals surface area contributed by atoms with Crippen LogP contribution in [-0.4, -0.2) is 65.9 Å². The fourth-order valence-electron chi connectivity index (χ4n) is 4.05. The molecule has 3 aromatic heterocycles. The summed E-state index contributed by atoms with van der Waals surface area (Å²) < 4.78 is 3.86. The molecular weight excluding hydrogens is 400 g/mol. The first-order chi connectivity index (χ1) is 14.9. The van der Waals surface area contributed by atoms with E-state index < -0.39 is 11.2 Å². The number of anilines is 1. The molecule has 0 unspecified atom stereocenters. The summed E-state index contributed by atoms with van der Waals surface area (Å²) in [5.41, 5.74) is 0.690. The molecule has 3 aromatic rings. The van der Waals surface area contributed by atoms with Crippen LogP contribution in [-0.2, 0) is 25.4 Å². The summed E-state index contributed by atoms with van der Waals surface area (Å²) >= 11 is 0. The van der Waals surface area contributed by atoms with Gasteiger partial charge in [0.1, 0.15) is 6.54 Å². The van der Waals surface area contributed by atoms with Crippen molar-refractivity contribution in [2.75, 3.05) is 31.1 Å². The zero-order chi connectivity index (χ0) is 21.7. The number of nitrogens with zero attached hydrogens (tertiary/aromatic N) is 8. The van der Waals surface area contributed by atoms with Gasteiger partial charge in [0.25, 0.3) is 5.56 Å². The van der Waals surface area contributed by atoms with Crippen molar-refractivity contribution in [3.8, 4) is 0 Å². The third kappa shape index (κ3) is 3.39. The molecule has 5 rings (SSSR count). The molecule has 0 N–H and O–H groups in total. The van der Waals surface area contributed by atoms with Gasteiger partial charge in [-0.25, -0.2) is 9.78 Å². The third-order valence-electron chi connectivity index (χ3n) is 6.15. The number of aromatic nitrogens is 6. The van der Waals surface area contributed by atoms with E-state index in [1.54, 1.807) is 11.9 Å². The van der Waals surface area contributed by atoms with E-state index in [1.807, 2.05) is 6.07 Å². The molecule has 11 heteroatoms. The minimum absolute atomic E-state index is 0.000164. The van der Waals surface area contributed by atoms with Gasteiger partial charge in [-0.2, -0.15) is 5.10 Å². The first-order valence-corrected chi connectivity index (χ1v) is 10.4. The SMILES string of the molecule is Cn1c(=O)c2c(ncn2CC(=O)N2CCN(c3ccc(C4CC4)nn3)CC2)n(C)c1=O. The van der Waals surface area contributed by atoms with Crippen LogP contribution in [0.15, 0.2) is 28.0 Å². The molecule has 0 aromatic carbocycles. The minimum atomic E-state index is -0.457. The number of rotatable bonds is 4. The summed E-state index contributed by atoms with van der Waals surface area (Å²) in [5, 5.41) is 8.70. The maximum absolute atomic E-state index is 12.9. The molecule has 11 nitrogen and oxygen atoms in total. The average molecular weight is 424 g/mol. The lowest BCUT2D eigenvalue weighted by Gasteiger charge is -2.35. The molecule has 0 bridgehead atoms. The van der Waals surface area contributed by atoms with Gasteiger partial charge in [0.2, 0.25) is 5.91 Å². The third-order valence-corrected chi connectivity index (χ3v) is 6.15. The van der Waals surface area contributed by atoms with E-state index in [4.69, 9.17) is 0 Å². The van der Waals surface area contributed by atoms with Crippen LogP contribution in [0.2, 0.25) is 0 Å². The van der Waals surface area contributed by atoms with Gasteiger partial charge in [0.15, 0.2) is 17.0 Å². The van der Waals surface area contributed by atoms with E-state index in [-0.39, 0.29) is 23.6 Å². The van der Waals surface area contributed by atoms with Gasteiger partial charge in [-0.1, -0.05) is 0 Å². The number of carbonyl (C=O) groups excluding carboxylic acids is 1. The largest absolute Gasteiger partial charge is 0.352 e. The second kappa shape index (κ2) is 7.33. The van der Waals surface area contributed by atoms with Crippen LogP contribution >= 0.6 is 0 Å². The molecule has 4 heterocycles. The van der Waals surface area contributed by atoms with Crippen molar-refractivity contribution in [1.29, 1.82) is 0 Å². The zero-order valence-electron chi connectivity index (χ0n) is 17.6. The Bertz CT molecular complexity index is 1260. The summed E-state index contributed by atoms with van der Waals surface area (Å²) in [5.74, 6) is 1.32. The Morgan fingerprint density at radius 1 is 1.03 bits per heavy atom. The monoisotopic (exact) mass is 424 g/mol. The predicted octanol–water partition coefficient (Wildman–Crippen LogP) is -0.550. The summed E-state index contributed by atoms with van der Waals surface area (Å²) in [6, 6.07) is 4.06. The van der Waals surface area contributed by atoms with Gasteiger partial charge in [-0.05, 0) is 25.0 Å². The summed E-state index contributed by atoms with van der Waals surface area (Å²) in [6.07, 6.45) is 3.84. The smallest absolute Gasteiger partial charge is 0.332 e. The van der Waals surface area contributed by atoms with Crippen molar-refractivity contribution >= 4 is 22.9 Å². The lowest BCUT2D eigenvalue weighted by atomic mass is 10.2. The first-order valence-electron chi connectivity index (χ1n) is 10.4. The Morgan fingerprint density at radius 3 is 2.42 bits per heavy atom.